The molecule has 0 aromatic rings. The second kappa shape index (κ2) is 4.38. The van der Waals surface area contributed by atoms with Gasteiger partial charge in [0.05, 0.1) is 5.92 Å². The van der Waals surface area contributed by atoms with Crippen LogP contribution in [0.4, 0.5) is 0 Å². The Balaban J connectivity index is 1.66. The second-order valence-corrected chi connectivity index (χ2v) is 5.14. The molecule has 0 bridgehead atoms. The van der Waals surface area contributed by atoms with Gasteiger partial charge in [-0.15, -0.1) is 0 Å². The van der Waals surface area contributed by atoms with Gasteiger partial charge in [-0.1, -0.05) is 25.5 Å². The van der Waals surface area contributed by atoms with Crippen molar-refractivity contribution in [1.82, 2.24) is 0 Å². The standard InChI is InChI=1S/C13H20O2/c1-9(13(14)15)12-8-11(12)7-3-6-10-4-2-5-10/h3,6,9-12H,2,4-5,7-8H2,1H3,(H,14,15). The van der Waals surface area contributed by atoms with Gasteiger partial charge in [-0.25, -0.2) is 0 Å². The molecule has 3 unspecified atom stereocenters. The van der Waals surface area contributed by atoms with Crippen molar-refractivity contribution in [2.45, 2.75) is 39.0 Å². The Bertz CT molecular complexity index is 266. The van der Waals surface area contributed by atoms with Gasteiger partial charge >= 0.3 is 5.97 Å². The number of carbonyl (C=O) groups is 1. The lowest BCUT2D eigenvalue weighted by atomic mass is 9.85. The minimum Gasteiger partial charge on any atom is -0.481 e. The Morgan fingerprint density at radius 2 is 2.27 bits per heavy atom. The van der Waals surface area contributed by atoms with Crippen LogP contribution in [0.25, 0.3) is 0 Å². The number of rotatable bonds is 5. The van der Waals surface area contributed by atoms with Gasteiger partial charge in [-0.2, -0.15) is 0 Å². The van der Waals surface area contributed by atoms with Gasteiger partial charge in [0.15, 0.2) is 0 Å². The van der Waals surface area contributed by atoms with Crippen molar-refractivity contribution < 1.29 is 9.90 Å². The number of carboxylic acid groups (broad SMARTS) is 1. The highest BCUT2D eigenvalue weighted by molar-refractivity contribution is 5.70. The van der Waals surface area contributed by atoms with Crippen LogP contribution in [0.5, 0.6) is 0 Å². The van der Waals surface area contributed by atoms with E-state index in [1.165, 1.54) is 19.3 Å². The maximum Gasteiger partial charge on any atom is 0.306 e. The molecule has 2 heteroatoms. The fourth-order valence-corrected chi connectivity index (χ4v) is 2.42. The Hall–Kier alpha value is -0.790. The zero-order chi connectivity index (χ0) is 10.8. The van der Waals surface area contributed by atoms with E-state index in [9.17, 15) is 4.79 Å². The summed E-state index contributed by atoms with van der Waals surface area (Å²) in [5.74, 6) is 1.14. The Morgan fingerprint density at radius 1 is 1.53 bits per heavy atom. The summed E-state index contributed by atoms with van der Waals surface area (Å²) in [6.07, 6.45) is 10.9. The third-order valence-electron chi connectivity index (χ3n) is 4.01. The first-order valence-corrected chi connectivity index (χ1v) is 6.08. The molecular formula is C13H20O2. The van der Waals surface area contributed by atoms with Crippen molar-refractivity contribution in [3.05, 3.63) is 12.2 Å². The Kier molecular flexibility index (Phi) is 3.13. The zero-order valence-corrected chi connectivity index (χ0v) is 9.36. The number of hydrogen-bond donors (Lipinski definition) is 1. The van der Waals surface area contributed by atoms with E-state index in [1.54, 1.807) is 0 Å². The van der Waals surface area contributed by atoms with E-state index in [4.69, 9.17) is 5.11 Å². The molecule has 0 spiro atoms. The first-order chi connectivity index (χ1) is 7.18. The molecular weight excluding hydrogens is 188 g/mol. The van der Waals surface area contributed by atoms with Gasteiger partial charge in [0, 0.05) is 0 Å². The van der Waals surface area contributed by atoms with Crippen LogP contribution in [0.2, 0.25) is 0 Å². The summed E-state index contributed by atoms with van der Waals surface area (Å²) in [5.41, 5.74) is 0. The van der Waals surface area contributed by atoms with Crippen LogP contribution in [0, 0.1) is 23.7 Å². The molecule has 1 N–H and O–H groups in total. The maximum atomic E-state index is 10.7. The molecule has 84 valence electrons. The Morgan fingerprint density at radius 3 is 2.80 bits per heavy atom. The number of allylic oxidation sites excluding steroid dienone is 2. The molecule has 2 saturated carbocycles. The summed E-state index contributed by atoms with van der Waals surface area (Å²) in [6.45, 7) is 1.84. The highest BCUT2D eigenvalue weighted by Gasteiger charge is 2.42. The summed E-state index contributed by atoms with van der Waals surface area (Å²) < 4.78 is 0. The molecule has 0 heterocycles. The van der Waals surface area contributed by atoms with Crippen molar-refractivity contribution >= 4 is 5.97 Å². The molecule has 0 amide bonds. The van der Waals surface area contributed by atoms with Crippen LogP contribution >= 0.6 is 0 Å². The molecule has 3 atom stereocenters. The lowest BCUT2D eigenvalue weighted by molar-refractivity contribution is -0.141. The average molecular weight is 208 g/mol. The second-order valence-electron chi connectivity index (χ2n) is 5.14. The molecule has 2 aliphatic carbocycles. The van der Waals surface area contributed by atoms with E-state index < -0.39 is 5.97 Å². The van der Waals surface area contributed by atoms with Crippen LogP contribution in [0.1, 0.15) is 39.0 Å². The van der Waals surface area contributed by atoms with Crippen molar-refractivity contribution in [1.29, 1.82) is 0 Å². The van der Waals surface area contributed by atoms with E-state index in [0.717, 1.165) is 18.8 Å². The Labute approximate surface area is 91.4 Å². The monoisotopic (exact) mass is 208 g/mol. The van der Waals surface area contributed by atoms with Crippen molar-refractivity contribution in [3.63, 3.8) is 0 Å². The molecule has 2 aliphatic rings. The van der Waals surface area contributed by atoms with E-state index in [2.05, 4.69) is 12.2 Å². The van der Waals surface area contributed by atoms with Crippen LogP contribution in [0.3, 0.4) is 0 Å². The first kappa shape index (κ1) is 10.7. The molecule has 0 aromatic carbocycles. The lowest BCUT2D eigenvalue weighted by Crippen LogP contribution is -2.12. The number of aliphatic carboxylic acids is 1. The normalized spacial score (nSPS) is 32.6. The SMILES string of the molecule is CC(C(=O)O)C1CC1CC=CC1CCC1. The van der Waals surface area contributed by atoms with E-state index in [0.29, 0.717) is 11.8 Å². The fraction of sp³-hybridized carbons (Fsp3) is 0.769. The molecule has 2 fully saturated rings. The van der Waals surface area contributed by atoms with Gasteiger partial charge in [0.25, 0.3) is 0 Å². The summed E-state index contributed by atoms with van der Waals surface area (Å²) in [5, 5.41) is 8.85. The van der Waals surface area contributed by atoms with Gasteiger partial charge in [-0.05, 0) is 43.4 Å². The quantitative estimate of drug-likeness (QED) is 0.705. The first-order valence-electron chi connectivity index (χ1n) is 6.08. The lowest BCUT2D eigenvalue weighted by Gasteiger charge is -2.21. The van der Waals surface area contributed by atoms with E-state index >= 15 is 0 Å². The summed E-state index contributed by atoms with van der Waals surface area (Å²) in [6, 6.07) is 0. The summed E-state index contributed by atoms with van der Waals surface area (Å²) in [7, 11) is 0. The van der Waals surface area contributed by atoms with Gasteiger partial charge in [-0.3, -0.25) is 4.79 Å². The smallest absolute Gasteiger partial charge is 0.306 e. The number of hydrogen-bond acceptors (Lipinski definition) is 1. The third kappa shape index (κ3) is 2.61. The third-order valence-corrected chi connectivity index (χ3v) is 4.01. The molecule has 2 nitrogen and oxygen atoms in total. The zero-order valence-electron chi connectivity index (χ0n) is 9.36. The van der Waals surface area contributed by atoms with Crippen molar-refractivity contribution in [3.8, 4) is 0 Å². The van der Waals surface area contributed by atoms with Crippen LogP contribution < -0.4 is 0 Å². The molecule has 2 rings (SSSR count). The topological polar surface area (TPSA) is 37.3 Å². The minimum atomic E-state index is -0.634. The molecule has 0 radical (unpaired) electrons. The molecule has 0 saturated heterocycles. The van der Waals surface area contributed by atoms with E-state index in [1.807, 2.05) is 6.92 Å². The maximum absolute atomic E-state index is 10.7. The van der Waals surface area contributed by atoms with Crippen LogP contribution in [0.15, 0.2) is 12.2 Å². The van der Waals surface area contributed by atoms with Gasteiger partial charge < -0.3 is 5.11 Å². The summed E-state index contributed by atoms with van der Waals surface area (Å²) >= 11 is 0. The van der Waals surface area contributed by atoms with Crippen LogP contribution in [-0.2, 0) is 4.79 Å². The average Bonchev–Trinajstić information content (AvgIpc) is 2.87. The highest BCUT2D eigenvalue weighted by Crippen LogP contribution is 2.47. The number of carboxylic acids is 1. The largest absolute Gasteiger partial charge is 0.481 e. The highest BCUT2D eigenvalue weighted by atomic mass is 16.4. The van der Waals surface area contributed by atoms with Crippen molar-refractivity contribution in [2.24, 2.45) is 23.7 Å². The van der Waals surface area contributed by atoms with Gasteiger partial charge in [0.1, 0.15) is 0 Å². The molecule has 0 aliphatic heterocycles. The predicted molar refractivity (Wildman–Crippen MR) is 59.5 cm³/mol. The minimum absolute atomic E-state index is 0.146. The molecule has 15 heavy (non-hydrogen) atoms. The fourth-order valence-electron chi connectivity index (χ4n) is 2.42. The van der Waals surface area contributed by atoms with Gasteiger partial charge in [0.2, 0.25) is 0 Å². The molecule has 0 aromatic heterocycles. The van der Waals surface area contributed by atoms with Crippen molar-refractivity contribution in [2.75, 3.05) is 0 Å². The van der Waals surface area contributed by atoms with E-state index in [-0.39, 0.29) is 5.92 Å². The van der Waals surface area contributed by atoms with Crippen LogP contribution in [-0.4, -0.2) is 11.1 Å². The summed E-state index contributed by atoms with van der Waals surface area (Å²) in [4.78, 5) is 10.7. The predicted octanol–water partition coefficient (Wildman–Crippen LogP) is 3.09.